The molecule has 0 unspecified atom stereocenters. The van der Waals surface area contributed by atoms with Crippen LogP contribution in [0.15, 0.2) is 0 Å². The van der Waals surface area contributed by atoms with Crippen LogP contribution in [0.3, 0.4) is 0 Å². The largest absolute Gasteiger partial charge is 0.149 e. The molecule has 0 N–H and O–H groups in total. The third-order valence-corrected chi connectivity index (χ3v) is 10.0. The number of hydrogen-bond acceptors (Lipinski definition) is 2. The lowest BCUT2D eigenvalue weighted by atomic mass is 9.99. The first-order valence-corrected chi connectivity index (χ1v) is 9.38. The summed E-state index contributed by atoms with van der Waals surface area (Å²) in [5, 5.41) is 0. The highest BCUT2D eigenvalue weighted by molar-refractivity contribution is 9.25. The fourth-order valence-electron chi connectivity index (χ4n) is 2.19. The zero-order valence-electron chi connectivity index (χ0n) is 8.93. The molecule has 0 aromatic heterocycles. The summed E-state index contributed by atoms with van der Waals surface area (Å²) in [5.74, 6) is 0. The van der Waals surface area contributed by atoms with E-state index in [1.807, 2.05) is 0 Å². The lowest BCUT2D eigenvalue weighted by molar-refractivity contribution is 0.544. The average molecular weight is 224 g/mol. The highest BCUT2D eigenvalue weighted by Gasteiger charge is 2.41. The van der Waals surface area contributed by atoms with Gasteiger partial charge in [-0.1, -0.05) is 21.6 Å². The predicted molar refractivity (Wildman–Crippen MR) is 67.4 cm³/mol. The Kier molecular flexibility index (Phi) is 2.81. The van der Waals surface area contributed by atoms with Crippen LogP contribution in [0.5, 0.6) is 0 Å². The van der Waals surface area contributed by atoms with Crippen LogP contribution >= 0.6 is 29.7 Å². The van der Waals surface area contributed by atoms with Crippen molar-refractivity contribution in [3.8, 4) is 0 Å². The Labute approximate surface area is 85.8 Å². The van der Waals surface area contributed by atoms with Crippen LogP contribution in [0.1, 0.15) is 34.1 Å². The zero-order valence-corrected chi connectivity index (χ0v) is 11.4. The van der Waals surface area contributed by atoms with Gasteiger partial charge in [0.1, 0.15) is 0 Å². The van der Waals surface area contributed by atoms with Gasteiger partial charge in [0.2, 0.25) is 0 Å². The summed E-state index contributed by atoms with van der Waals surface area (Å²) in [6.07, 6.45) is 6.17. The molecular weight excluding hydrogens is 204 g/mol. The van der Waals surface area contributed by atoms with Crippen LogP contribution in [-0.4, -0.2) is 22.0 Å². The summed E-state index contributed by atoms with van der Waals surface area (Å²) in [6, 6.07) is 0. The molecule has 0 atom stereocenters. The van der Waals surface area contributed by atoms with E-state index < -0.39 is 8.09 Å². The molecule has 1 aliphatic rings. The zero-order chi connectivity index (χ0) is 9.62. The third kappa shape index (κ3) is 3.08. The molecule has 0 amide bonds. The van der Waals surface area contributed by atoms with Crippen molar-refractivity contribution in [1.29, 1.82) is 0 Å². The molecule has 0 spiro atoms. The monoisotopic (exact) mass is 224 g/mol. The summed E-state index contributed by atoms with van der Waals surface area (Å²) >= 11 is 0. The molecule has 0 aliphatic carbocycles. The van der Waals surface area contributed by atoms with Crippen molar-refractivity contribution in [2.45, 2.75) is 43.6 Å². The normalized spacial score (nSPS) is 34.2. The second-order valence-corrected chi connectivity index (χ2v) is 16.5. The molecule has 0 bridgehead atoms. The van der Waals surface area contributed by atoms with Crippen molar-refractivity contribution < 1.29 is 0 Å². The highest BCUT2D eigenvalue weighted by atomic mass is 33.6. The van der Waals surface area contributed by atoms with Gasteiger partial charge in [0.15, 0.2) is 0 Å². The van der Waals surface area contributed by atoms with Gasteiger partial charge in [-0.05, 0) is 46.6 Å². The SMILES string of the molecule is CC1(C)CC(C)(C)SS(C)(C)S1. The minimum Gasteiger partial charge on any atom is -0.149 e. The van der Waals surface area contributed by atoms with Crippen LogP contribution in [0.2, 0.25) is 0 Å². The van der Waals surface area contributed by atoms with Crippen molar-refractivity contribution in [2.24, 2.45) is 0 Å². The fraction of sp³-hybridized carbons (Fsp3) is 1.00. The van der Waals surface area contributed by atoms with Crippen molar-refractivity contribution in [3.05, 3.63) is 0 Å². The molecule has 1 rings (SSSR count). The minimum absolute atomic E-state index is 0.465. The van der Waals surface area contributed by atoms with Crippen LogP contribution in [0, 0.1) is 0 Å². The van der Waals surface area contributed by atoms with E-state index >= 15 is 0 Å². The molecule has 1 fully saturated rings. The highest BCUT2D eigenvalue weighted by Crippen LogP contribution is 2.76. The molecule has 1 heterocycles. The molecule has 74 valence electrons. The smallest absolute Gasteiger partial charge is 0.0213 e. The van der Waals surface area contributed by atoms with Crippen molar-refractivity contribution in [2.75, 3.05) is 12.5 Å². The lowest BCUT2D eigenvalue weighted by Gasteiger charge is -2.50. The summed E-state index contributed by atoms with van der Waals surface area (Å²) in [5.41, 5.74) is 0. The van der Waals surface area contributed by atoms with Crippen molar-refractivity contribution >= 4 is 29.7 Å². The Morgan fingerprint density at radius 1 is 0.917 bits per heavy atom. The summed E-state index contributed by atoms with van der Waals surface area (Å²) in [7, 11) is 3.92. The topological polar surface area (TPSA) is 0 Å². The van der Waals surface area contributed by atoms with Crippen LogP contribution in [0.4, 0.5) is 0 Å². The van der Waals surface area contributed by atoms with Gasteiger partial charge in [-0.3, -0.25) is 0 Å². The van der Waals surface area contributed by atoms with Gasteiger partial charge in [-0.25, -0.2) is 0 Å². The van der Waals surface area contributed by atoms with Crippen LogP contribution in [0.25, 0.3) is 0 Å². The molecular formula is C9H20S3. The molecule has 0 aromatic rings. The van der Waals surface area contributed by atoms with Gasteiger partial charge in [0.25, 0.3) is 0 Å². The molecule has 1 saturated heterocycles. The van der Waals surface area contributed by atoms with E-state index in [2.05, 4.69) is 61.8 Å². The first-order chi connectivity index (χ1) is 5.12. The van der Waals surface area contributed by atoms with Crippen molar-refractivity contribution in [3.63, 3.8) is 0 Å². The average Bonchev–Trinajstić information content (AvgIpc) is 1.44. The van der Waals surface area contributed by atoms with Crippen LogP contribution < -0.4 is 0 Å². The number of hydrogen-bond donors (Lipinski definition) is 0. The Morgan fingerprint density at radius 2 is 1.25 bits per heavy atom. The molecule has 1 aliphatic heterocycles. The van der Waals surface area contributed by atoms with E-state index in [9.17, 15) is 0 Å². The molecule has 0 saturated carbocycles. The first-order valence-electron chi connectivity index (χ1n) is 4.27. The summed E-state index contributed by atoms with van der Waals surface area (Å²) in [4.78, 5) is 0. The van der Waals surface area contributed by atoms with Gasteiger partial charge < -0.3 is 0 Å². The van der Waals surface area contributed by atoms with E-state index in [0.29, 0.717) is 9.49 Å². The quantitative estimate of drug-likeness (QED) is 0.562. The van der Waals surface area contributed by atoms with Gasteiger partial charge in [-0.2, -0.15) is 0 Å². The maximum Gasteiger partial charge on any atom is 0.0213 e. The minimum atomic E-state index is -0.465. The Balaban J connectivity index is 2.81. The standard InChI is InChI=1S/C9H20S3/c1-8(2)7-9(3,4)11-12(5,6)10-8/h7H2,1-6H3. The molecule has 0 radical (unpaired) electrons. The molecule has 3 heteroatoms. The predicted octanol–water partition coefficient (Wildman–Crippen LogP) is 4.31. The van der Waals surface area contributed by atoms with E-state index in [-0.39, 0.29) is 0 Å². The third-order valence-electron chi connectivity index (χ3n) is 1.70. The second kappa shape index (κ2) is 3.03. The first kappa shape index (κ1) is 11.1. The Morgan fingerprint density at radius 3 is 1.50 bits per heavy atom. The summed E-state index contributed by atoms with van der Waals surface area (Å²) in [6.45, 7) is 9.53. The number of rotatable bonds is 0. The maximum atomic E-state index is 2.42. The maximum absolute atomic E-state index is 2.42. The van der Waals surface area contributed by atoms with Gasteiger partial charge in [0.05, 0.1) is 0 Å². The summed E-state index contributed by atoms with van der Waals surface area (Å²) < 4.78 is 0.959. The Bertz CT molecular complexity index is 137. The van der Waals surface area contributed by atoms with Gasteiger partial charge in [-0.15, -0.1) is 8.09 Å². The second-order valence-electron chi connectivity index (χ2n) is 5.01. The van der Waals surface area contributed by atoms with E-state index in [4.69, 9.17) is 0 Å². The van der Waals surface area contributed by atoms with E-state index in [1.54, 1.807) is 0 Å². The van der Waals surface area contributed by atoms with Crippen molar-refractivity contribution in [1.82, 2.24) is 0 Å². The fourth-order valence-corrected chi connectivity index (χ4v) is 15.9. The molecule has 0 aromatic carbocycles. The van der Waals surface area contributed by atoms with Gasteiger partial charge >= 0.3 is 0 Å². The van der Waals surface area contributed by atoms with Gasteiger partial charge in [0, 0.05) is 9.49 Å². The lowest BCUT2D eigenvalue weighted by Crippen LogP contribution is -2.32. The Hall–Kier alpha value is 1.05. The van der Waals surface area contributed by atoms with E-state index in [0.717, 1.165) is 0 Å². The molecule has 0 nitrogen and oxygen atoms in total. The van der Waals surface area contributed by atoms with Crippen LogP contribution in [-0.2, 0) is 0 Å². The van der Waals surface area contributed by atoms with E-state index in [1.165, 1.54) is 6.42 Å². The molecule has 12 heavy (non-hydrogen) atoms.